The number of halogens is 1. The van der Waals surface area contributed by atoms with Crippen molar-refractivity contribution in [2.24, 2.45) is 5.92 Å². The Hall–Kier alpha value is -2.74. The lowest BCUT2D eigenvalue weighted by atomic mass is 9.83. The number of aliphatic hydroxyl groups excluding tert-OH is 1. The molecule has 1 fully saturated rings. The average molecular weight is 501 g/mol. The van der Waals surface area contributed by atoms with Crippen LogP contribution >= 0.6 is 12.4 Å². The summed E-state index contributed by atoms with van der Waals surface area (Å²) >= 11 is 0. The standard InChI is InChI=1S/C27H32N2O5.ClH/c1-15(2)14-34-27(31)28-16-7-8-17-18(10-16)19-11-23(32-3)24(33-4)12-20(19)21-13-29-9-5-6-22(29)26(30)25(17)21;/h7-8,10-12,15,22,26,30H,5-6,9,13-14H2,1-4H3,(H,28,31);1H/t22-,26+;/m0./s1. The molecule has 188 valence electrons. The molecule has 0 saturated carbocycles. The predicted octanol–water partition coefficient (Wildman–Crippen LogP) is 5.65. The van der Waals surface area contributed by atoms with Gasteiger partial charge in [0.15, 0.2) is 11.5 Å². The molecule has 2 atom stereocenters. The van der Waals surface area contributed by atoms with Gasteiger partial charge in [0.1, 0.15) is 0 Å². The number of aliphatic hydroxyl groups is 1. The molecule has 3 aromatic carbocycles. The number of ether oxygens (including phenoxy) is 3. The van der Waals surface area contributed by atoms with Gasteiger partial charge in [-0.25, -0.2) is 4.79 Å². The van der Waals surface area contributed by atoms with Gasteiger partial charge in [0.2, 0.25) is 0 Å². The molecule has 0 aliphatic carbocycles. The van der Waals surface area contributed by atoms with Crippen molar-refractivity contribution in [1.29, 1.82) is 0 Å². The van der Waals surface area contributed by atoms with Gasteiger partial charge in [-0.1, -0.05) is 19.9 Å². The minimum Gasteiger partial charge on any atom is -0.493 e. The molecule has 0 unspecified atom stereocenters. The first-order chi connectivity index (χ1) is 16.4. The molecule has 0 spiro atoms. The minimum atomic E-state index is -0.568. The molecule has 7 nitrogen and oxygen atoms in total. The third-order valence-corrected chi connectivity index (χ3v) is 7.00. The lowest BCUT2D eigenvalue weighted by molar-refractivity contribution is 0.0552. The van der Waals surface area contributed by atoms with Crippen LogP contribution in [0.25, 0.3) is 21.5 Å². The van der Waals surface area contributed by atoms with Crippen LogP contribution < -0.4 is 14.8 Å². The van der Waals surface area contributed by atoms with E-state index in [0.29, 0.717) is 23.8 Å². The van der Waals surface area contributed by atoms with Crippen molar-refractivity contribution >= 4 is 45.7 Å². The van der Waals surface area contributed by atoms with Crippen LogP contribution in [-0.4, -0.2) is 49.5 Å². The fourth-order valence-electron chi connectivity index (χ4n) is 5.44. The van der Waals surface area contributed by atoms with Gasteiger partial charge in [-0.05, 0) is 82.2 Å². The number of nitrogens with zero attached hydrogens (tertiary/aromatic N) is 1. The summed E-state index contributed by atoms with van der Waals surface area (Å²) in [6.45, 7) is 6.14. The van der Waals surface area contributed by atoms with E-state index in [2.05, 4.69) is 10.2 Å². The quantitative estimate of drug-likeness (QED) is 0.441. The highest BCUT2D eigenvalue weighted by Crippen LogP contribution is 2.47. The summed E-state index contributed by atoms with van der Waals surface area (Å²) < 4.78 is 16.5. The molecule has 2 aliphatic rings. The summed E-state index contributed by atoms with van der Waals surface area (Å²) in [5, 5.41) is 18.3. The lowest BCUT2D eigenvalue weighted by Crippen LogP contribution is -2.39. The maximum absolute atomic E-state index is 12.3. The van der Waals surface area contributed by atoms with Gasteiger partial charge in [-0.3, -0.25) is 10.2 Å². The molecule has 35 heavy (non-hydrogen) atoms. The first kappa shape index (κ1) is 25.4. The maximum Gasteiger partial charge on any atom is 0.411 e. The minimum absolute atomic E-state index is 0. The number of hydrogen-bond acceptors (Lipinski definition) is 6. The second-order valence-electron chi connectivity index (χ2n) is 9.65. The van der Waals surface area contributed by atoms with Crippen LogP contribution in [0.4, 0.5) is 10.5 Å². The number of anilines is 1. The van der Waals surface area contributed by atoms with Crippen molar-refractivity contribution in [1.82, 2.24) is 4.90 Å². The van der Waals surface area contributed by atoms with Crippen LogP contribution in [0.2, 0.25) is 0 Å². The molecule has 8 heteroatoms. The van der Waals surface area contributed by atoms with E-state index in [1.165, 1.54) is 0 Å². The van der Waals surface area contributed by atoms with Gasteiger partial charge in [0.05, 0.1) is 26.9 Å². The Balaban J connectivity index is 0.00000289. The number of carbonyl (C=O) groups excluding carboxylic acids is 1. The van der Waals surface area contributed by atoms with Crippen LogP contribution in [-0.2, 0) is 11.3 Å². The molecular formula is C27H33ClN2O5. The van der Waals surface area contributed by atoms with Crippen molar-refractivity contribution in [3.8, 4) is 11.5 Å². The van der Waals surface area contributed by atoms with Crippen molar-refractivity contribution in [3.63, 3.8) is 0 Å². The van der Waals surface area contributed by atoms with Crippen molar-refractivity contribution in [2.75, 3.05) is 32.7 Å². The molecular weight excluding hydrogens is 468 g/mol. The van der Waals surface area contributed by atoms with Gasteiger partial charge in [0.25, 0.3) is 0 Å². The second kappa shape index (κ2) is 10.1. The molecule has 1 amide bonds. The Bertz CT molecular complexity index is 1260. The molecule has 0 bridgehead atoms. The highest BCUT2D eigenvalue weighted by molar-refractivity contribution is 6.13. The van der Waals surface area contributed by atoms with E-state index in [-0.39, 0.29) is 24.4 Å². The normalized spacial score (nSPS) is 19.3. The van der Waals surface area contributed by atoms with Crippen molar-refractivity contribution < 1.29 is 24.1 Å². The summed E-state index contributed by atoms with van der Waals surface area (Å²) in [4.78, 5) is 14.7. The first-order valence-corrected chi connectivity index (χ1v) is 11.9. The zero-order chi connectivity index (χ0) is 24.0. The third kappa shape index (κ3) is 4.48. The number of hydrogen-bond donors (Lipinski definition) is 2. The van der Waals surface area contributed by atoms with Crippen LogP contribution in [0.3, 0.4) is 0 Å². The maximum atomic E-state index is 12.3. The van der Waals surface area contributed by atoms with Crippen LogP contribution in [0.15, 0.2) is 30.3 Å². The van der Waals surface area contributed by atoms with E-state index in [0.717, 1.165) is 58.6 Å². The molecule has 0 aromatic heterocycles. The van der Waals surface area contributed by atoms with Crippen LogP contribution in [0.5, 0.6) is 11.5 Å². The SMILES string of the molecule is COc1cc2c3c(c4ccc(NC(=O)OCC(C)C)cc4c2cc1OC)[C@H](O)[C@@H]1CCCN1C3.Cl. The summed E-state index contributed by atoms with van der Waals surface area (Å²) in [5.41, 5.74) is 2.75. The van der Waals surface area contributed by atoms with Gasteiger partial charge in [0, 0.05) is 18.3 Å². The van der Waals surface area contributed by atoms with Crippen molar-refractivity contribution in [2.45, 2.75) is 45.4 Å². The Labute approximate surface area is 211 Å². The van der Waals surface area contributed by atoms with E-state index in [9.17, 15) is 9.90 Å². The van der Waals surface area contributed by atoms with Gasteiger partial charge >= 0.3 is 6.09 Å². The van der Waals surface area contributed by atoms with E-state index < -0.39 is 12.2 Å². The van der Waals surface area contributed by atoms with E-state index >= 15 is 0 Å². The van der Waals surface area contributed by atoms with Gasteiger partial charge in [-0.2, -0.15) is 0 Å². The third-order valence-electron chi connectivity index (χ3n) is 7.00. The van der Waals surface area contributed by atoms with E-state index in [1.807, 2.05) is 44.2 Å². The Morgan fingerprint density at radius 2 is 1.77 bits per heavy atom. The Kier molecular flexibility index (Phi) is 7.31. The monoisotopic (exact) mass is 500 g/mol. The molecule has 0 radical (unpaired) electrons. The lowest BCUT2D eigenvalue weighted by Gasteiger charge is -2.37. The molecule has 2 N–H and O–H groups in total. The number of fused-ring (bicyclic) bond motifs is 7. The predicted molar refractivity (Wildman–Crippen MR) is 140 cm³/mol. The smallest absolute Gasteiger partial charge is 0.411 e. The van der Waals surface area contributed by atoms with Gasteiger partial charge in [-0.15, -0.1) is 12.4 Å². The van der Waals surface area contributed by atoms with Crippen LogP contribution in [0, 0.1) is 5.92 Å². The number of nitrogens with one attached hydrogen (secondary N) is 1. The first-order valence-electron chi connectivity index (χ1n) is 11.9. The molecule has 2 aliphatic heterocycles. The topological polar surface area (TPSA) is 80.3 Å². The second-order valence-corrected chi connectivity index (χ2v) is 9.65. The fraction of sp³-hybridized carbons (Fsp3) is 0.444. The average Bonchev–Trinajstić information content (AvgIpc) is 3.31. The fourth-order valence-corrected chi connectivity index (χ4v) is 5.44. The molecule has 3 aromatic rings. The largest absolute Gasteiger partial charge is 0.493 e. The zero-order valence-electron chi connectivity index (χ0n) is 20.6. The Morgan fingerprint density at radius 1 is 1.09 bits per heavy atom. The van der Waals surface area contributed by atoms with Crippen molar-refractivity contribution in [3.05, 3.63) is 41.5 Å². The number of rotatable bonds is 5. The van der Waals surface area contributed by atoms with Gasteiger partial charge < -0.3 is 19.3 Å². The summed E-state index contributed by atoms with van der Waals surface area (Å²) in [6, 6.07) is 9.95. The highest BCUT2D eigenvalue weighted by Gasteiger charge is 2.39. The highest BCUT2D eigenvalue weighted by atomic mass is 35.5. The zero-order valence-corrected chi connectivity index (χ0v) is 21.4. The number of carbonyl (C=O) groups is 1. The van der Waals surface area contributed by atoms with E-state index in [4.69, 9.17) is 14.2 Å². The number of benzene rings is 3. The summed E-state index contributed by atoms with van der Waals surface area (Å²) in [5.74, 6) is 1.55. The molecule has 5 rings (SSSR count). The molecule has 1 saturated heterocycles. The summed E-state index contributed by atoms with van der Waals surface area (Å²) in [6.07, 6.45) is 1.04. The molecule has 2 heterocycles. The van der Waals surface area contributed by atoms with Crippen LogP contribution in [0.1, 0.15) is 43.9 Å². The Morgan fingerprint density at radius 3 is 2.46 bits per heavy atom. The number of amides is 1. The summed E-state index contributed by atoms with van der Waals surface area (Å²) in [7, 11) is 3.26. The number of methoxy groups -OCH3 is 2. The van der Waals surface area contributed by atoms with E-state index in [1.54, 1.807) is 14.2 Å².